The Morgan fingerprint density at radius 3 is 3.42 bits per heavy atom. The smallest absolute Gasteiger partial charge is 0.150 e. The summed E-state index contributed by atoms with van der Waals surface area (Å²) >= 11 is 1.91. The van der Waals surface area contributed by atoms with Gasteiger partial charge in [0, 0.05) is 12.1 Å². The van der Waals surface area contributed by atoms with Gasteiger partial charge < -0.3 is 9.84 Å². The molecule has 0 aliphatic carbocycles. The fourth-order valence-electron chi connectivity index (χ4n) is 1.42. The van der Waals surface area contributed by atoms with E-state index in [1.165, 1.54) is 11.3 Å². The van der Waals surface area contributed by atoms with E-state index < -0.39 is 0 Å². The lowest BCUT2D eigenvalue weighted by molar-refractivity contribution is 0.385. The molecule has 0 fully saturated rings. The maximum absolute atomic E-state index is 5.23. The summed E-state index contributed by atoms with van der Waals surface area (Å²) in [5, 5.41) is 7.13. The zero-order valence-electron chi connectivity index (χ0n) is 7.09. The first-order chi connectivity index (χ1) is 5.92. The van der Waals surface area contributed by atoms with Crippen molar-refractivity contribution in [3.8, 4) is 0 Å². The summed E-state index contributed by atoms with van der Waals surface area (Å²) in [7, 11) is 1.93. The predicted octanol–water partition coefficient (Wildman–Crippen LogP) is 1.18. The van der Waals surface area contributed by atoms with Gasteiger partial charge in [-0.3, -0.25) is 0 Å². The normalized spacial score (nSPS) is 16.1. The average molecular weight is 184 g/mol. The van der Waals surface area contributed by atoms with E-state index in [0.717, 1.165) is 30.2 Å². The van der Waals surface area contributed by atoms with Crippen LogP contribution in [0.3, 0.4) is 0 Å². The van der Waals surface area contributed by atoms with Crippen LogP contribution >= 0.6 is 11.8 Å². The van der Waals surface area contributed by atoms with Crippen molar-refractivity contribution in [1.29, 1.82) is 0 Å². The highest BCUT2D eigenvalue weighted by Crippen LogP contribution is 2.26. The van der Waals surface area contributed by atoms with Gasteiger partial charge >= 0.3 is 0 Å². The molecular formula is C8H12N2OS. The fourth-order valence-corrected chi connectivity index (χ4v) is 2.33. The third kappa shape index (κ3) is 1.36. The second-order valence-corrected chi connectivity index (χ2v) is 3.97. The molecule has 3 nitrogen and oxygen atoms in total. The Morgan fingerprint density at radius 2 is 2.58 bits per heavy atom. The molecule has 0 saturated carbocycles. The van der Waals surface area contributed by atoms with Gasteiger partial charge in [-0.05, 0) is 19.2 Å². The highest BCUT2D eigenvalue weighted by molar-refractivity contribution is 7.98. The lowest BCUT2D eigenvalue weighted by Gasteiger charge is -2.08. The maximum atomic E-state index is 5.23. The van der Waals surface area contributed by atoms with Gasteiger partial charge in [0.1, 0.15) is 11.5 Å². The van der Waals surface area contributed by atoms with Crippen LogP contribution < -0.4 is 5.32 Å². The van der Waals surface area contributed by atoms with Gasteiger partial charge in [0.15, 0.2) is 0 Å². The van der Waals surface area contributed by atoms with Crippen LogP contribution in [-0.4, -0.2) is 18.0 Å². The Labute approximate surface area is 75.9 Å². The molecule has 0 amide bonds. The molecule has 4 heteroatoms. The quantitative estimate of drug-likeness (QED) is 0.749. The second-order valence-electron chi connectivity index (χ2n) is 2.86. The molecule has 1 aromatic rings. The first-order valence-corrected chi connectivity index (χ1v) is 5.26. The van der Waals surface area contributed by atoms with Crippen molar-refractivity contribution < 1.29 is 4.52 Å². The van der Waals surface area contributed by atoms with Gasteiger partial charge in [-0.15, -0.1) is 0 Å². The molecule has 2 heterocycles. The second kappa shape index (κ2) is 3.49. The molecule has 0 aromatic carbocycles. The molecule has 1 aliphatic heterocycles. The van der Waals surface area contributed by atoms with Crippen LogP contribution in [0.15, 0.2) is 4.52 Å². The molecule has 12 heavy (non-hydrogen) atoms. The highest BCUT2D eigenvalue weighted by atomic mass is 32.2. The number of thioether (sulfide) groups is 1. The molecule has 0 radical (unpaired) electrons. The molecule has 1 aliphatic rings. The van der Waals surface area contributed by atoms with Crippen molar-refractivity contribution >= 4 is 11.8 Å². The van der Waals surface area contributed by atoms with Crippen LogP contribution in [0.2, 0.25) is 0 Å². The van der Waals surface area contributed by atoms with Crippen molar-refractivity contribution in [2.45, 2.75) is 18.7 Å². The predicted molar refractivity (Wildman–Crippen MR) is 49.1 cm³/mol. The third-order valence-corrected chi connectivity index (χ3v) is 2.98. The van der Waals surface area contributed by atoms with Gasteiger partial charge in [0.05, 0.1) is 5.75 Å². The van der Waals surface area contributed by atoms with E-state index >= 15 is 0 Å². The largest absolute Gasteiger partial charge is 0.360 e. The summed E-state index contributed by atoms with van der Waals surface area (Å²) in [4.78, 5) is 0. The molecule has 66 valence electrons. The zero-order chi connectivity index (χ0) is 8.39. The fraction of sp³-hybridized carbons (Fsp3) is 0.625. The lowest BCUT2D eigenvalue weighted by atomic mass is 10.1. The minimum Gasteiger partial charge on any atom is -0.360 e. The minimum atomic E-state index is 0.823. The summed E-state index contributed by atoms with van der Waals surface area (Å²) in [6.07, 6.45) is 1.11. The van der Waals surface area contributed by atoms with Gasteiger partial charge in [0.25, 0.3) is 0 Å². The van der Waals surface area contributed by atoms with E-state index in [9.17, 15) is 0 Å². The summed E-state index contributed by atoms with van der Waals surface area (Å²) in [5.41, 5.74) is 2.43. The van der Waals surface area contributed by atoms with Crippen molar-refractivity contribution in [1.82, 2.24) is 10.5 Å². The summed E-state index contributed by atoms with van der Waals surface area (Å²) in [5.74, 6) is 3.27. The van der Waals surface area contributed by atoms with Crippen molar-refractivity contribution in [2.24, 2.45) is 0 Å². The first-order valence-electron chi connectivity index (χ1n) is 4.10. The summed E-state index contributed by atoms with van der Waals surface area (Å²) in [6.45, 7) is 0.823. The lowest BCUT2D eigenvalue weighted by Crippen LogP contribution is -2.09. The molecule has 1 N–H and O–H groups in total. The van der Waals surface area contributed by atoms with Crippen LogP contribution in [0.5, 0.6) is 0 Å². The Hall–Kier alpha value is -0.480. The topological polar surface area (TPSA) is 38.1 Å². The van der Waals surface area contributed by atoms with Gasteiger partial charge in [-0.25, -0.2) is 0 Å². The number of hydrogen-bond acceptors (Lipinski definition) is 4. The van der Waals surface area contributed by atoms with Crippen LogP contribution in [0.25, 0.3) is 0 Å². The maximum Gasteiger partial charge on any atom is 0.150 e. The van der Waals surface area contributed by atoms with Gasteiger partial charge in [-0.2, -0.15) is 11.8 Å². The van der Waals surface area contributed by atoms with Crippen molar-refractivity contribution in [3.05, 3.63) is 17.0 Å². The highest BCUT2D eigenvalue weighted by Gasteiger charge is 2.18. The number of nitrogens with one attached hydrogen (secondary N) is 1. The van der Waals surface area contributed by atoms with E-state index in [4.69, 9.17) is 4.52 Å². The van der Waals surface area contributed by atoms with E-state index in [-0.39, 0.29) is 0 Å². The molecule has 0 spiro atoms. The number of rotatable bonds is 2. The molecule has 0 atom stereocenters. The monoisotopic (exact) mass is 184 g/mol. The van der Waals surface area contributed by atoms with Gasteiger partial charge in [0.2, 0.25) is 0 Å². The zero-order valence-corrected chi connectivity index (χ0v) is 7.91. The molecule has 0 bridgehead atoms. The van der Waals surface area contributed by atoms with Crippen LogP contribution in [-0.2, 0) is 18.7 Å². The van der Waals surface area contributed by atoms with Crippen LogP contribution in [0.1, 0.15) is 17.0 Å². The summed E-state index contributed by atoms with van der Waals surface area (Å²) < 4.78 is 5.23. The number of hydrogen-bond donors (Lipinski definition) is 1. The van der Waals surface area contributed by atoms with Gasteiger partial charge in [-0.1, -0.05) is 5.16 Å². The Bertz CT molecular complexity index is 272. The Morgan fingerprint density at radius 1 is 1.67 bits per heavy atom. The Balaban J connectivity index is 2.25. The van der Waals surface area contributed by atoms with Crippen LogP contribution in [0.4, 0.5) is 0 Å². The van der Waals surface area contributed by atoms with E-state index in [1.807, 2.05) is 18.8 Å². The molecular weight excluding hydrogens is 172 g/mol. The van der Waals surface area contributed by atoms with Crippen molar-refractivity contribution in [3.63, 3.8) is 0 Å². The SMILES string of the molecule is CNCc1noc2c1CCSC2. The average Bonchev–Trinajstić information content (AvgIpc) is 2.50. The van der Waals surface area contributed by atoms with E-state index in [0.29, 0.717) is 0 Å². The van der Waals surface area contributed by atoms with E-state index in [2.05, 4.69) is 10.5 Å². The van der Waals surface area contributed by atoms with Crippen molar-refractivity contribution in [2.75, 3.05) is 12.8 Å². The number of aromatic nitrogens is 1. The van der Waals surface area contributed by atoms with Crippen LogP contribution in [0, 0.1) is 0 Å². The molecule has 0 unspecified atom stereocenters. The summed E-state index contributed by atoms with van der Waals surface area (Å²) in [6, 6.07) is 0. The Kier molecular flexibility index (Phi) is 2.37. The third-order valence-electron chi connectivity index (χ3n) is 2.02. The minimum absolute atomic E-state index is 0.823. The molecule has 2 rings (SSSR count). The number of nitrogens with zero attached hydrogens (tertiary/aromatic N) is 1. The molecule has 1 aromatic heterocycles. The standard InChI is InChI=1S/C8H12N2OS/c1-9-4-7-6-2-3-12-5-8(6)11-10-7/h9H,2-5H2,1H3. The first kappa shape index (κ1) is 8.13. The molecule has 0 saturated heterocycles. The number of fused-ring (bicyclic) bond motifs is 1. The van der Waals surface area contributed by atoms with E-state index in [1.54, 1.807) is 0 Å².